The van der Waals surface area contributed by atoms with Gasteiger partial charge in [0.1, 0.15) is 12.4 Å². The van der Waals surface area contributed by atoms with Crippen LogP contribution in [0.4, 0.5) is 10.3 Å². The van der Waals surface area contributed by atoms with Crippen LogP contribution in [0.3, 0.4) is 0 Å². The average Bonchev–Trinajstić information content (AvgIpc) is 3.09. The number of amides is 1. The first-order valence-electron chi connectivity index (χ1n) is 6.26. The van der Waals surface area contributed by atoms with Crippen molar-refractivity contribution in [3.63, 3.8) is 0 Å². The quantitative estimate of drug-likeness (QED) is 0.774. The van der Waals surface area contributed by atoms with E-state index >= 15 is 0 Å². The number of H-pyrrole nitrogens is 1. The molecule has 0 unspecified atom stereocenters. The second-order valence-electron chi connectivity index (χ2n) is 4.00. The van der Waals surface area contributed by atoms with Gasteiger partial charge in [0.25, 0.3) is 5.91 Å². The van der Waals surface area contributed by atoms with E-state index in [2.05, 4.69) is 20.4 Å². The number of rotatable bonds is 6. The number of aromatic amines is 1. The van der Waals surface area contributed by atoms with Crippen molar-refractivity contribution in [2.45, 2.75) is 13.5 Å². The molecule has 9 heteroatoms. The number of hydrogen-bond acceptors (Lipinski definition) is 5. The van der Waals surface area contributed by atoms with E-state index in [0.717, 1.165) is 0 Å². The summed E-state index contributed by atoms with van der Waals surface area (Å²) in [5, 5.41) is 6.31. The minimum atomic E-state index is -0.566. The van der Waals surface area contributed by atoms with E-state index in [1.807, 2.05) is 0 Å². The van der Waals surface area contributed by atoms with Gasteiger partial charge >= 0.3 is 5.97 Å². The van der Waals surface area contributed by atoms with Crippen LogP contribution in [0.5, 0.6) is 0 Å². The highest BCUT2D eigenvalue weighted by atomic mass is 19.1. The van der Waals surface area contributed by atoms with Gasteiger partial charge in [0, 0.05) is 6.20 Å². The highest BCUT2D eigenvalue weighted by Gasteiger charge is 2.14. The molecular formula is C12H14FN5O3. The molecule has 0 aliphatic heterocycles. The summed E-state index contributed by atoms with van der Waals surface area (Å²) < 4.78 is 18.3. The Morgan fingerprint density at radius 2 is 2.29 bits per heavy atom. The average molecular weight is 295 g/mol. The Bertz CT molecular complexity index is 636. The second-order valence-corrected chi connectivity index (χ2v) is 4.00. The van der Waals surface area contributed by atoms with Gasteiger partial charge < -0.3 is 9.72 Å². The molecule has 0 spiro atoms. The third-order valence-electron chi connectivity index (χ3n) is 2.51. The smallest absolute Gasteiger partial charge is 0.356 e. The Labute approximate surface area is 119 Å². The zero-order valence-electron chi connectivity index (χ0n) is 11.3. The third-order valence-corrected chi connectivity index (χ3v) is 2.51. The molecule has 0 aromatic carbocycles. The van der Waals surface area contributed by atoms with Crippen molar-refractivity contribution >= 4 is 17.8 Å². The highest BCUT2D eigenvalue weighted by Crippen LogP contribution is 2.07. The minimum Gasteiger partial charge on any atom is -0.461 e. The number of carbonyl (C=O) groups excluding carboxylic acids is 2. The summed E-state index contributed by atoms with van der Waals surface area (Å²) in [7, 11) is 0. The number of hydrogen-bond donors (Lipinski definition) is 2. The third kappa shape index (κ3) is 3.65. The highest BCUT2D eigenvalue weighted by molar-refractivity contribution is 6.03. The molecule has 0 bridgehead atoms. The van der Waals surface area contributed by atoms with Crippen LogP contribution < -0.4 is 5.32 Å². The molecule has 2 heterocycles. The SMILES string of the molecule is CCOC(=O)c1cnc(NC(=O)c2cnn(CCF)c2)[nH]1. The molecule has 0 saturated carbocycles. The van der Waals surface area contributed by atoms with Crippen molar-refractivity contribution in [2.24, 2.45) is 0 Å². The zero-order chi connectivity index (χ0) is 15.2. The number of carbonyl (C=O) groups is 2. The molecule has 2 rings (SSSR count). The minimum absolute atomic E-state index is 0.0844. The van der Waals surface area contributed by atoms with Gasteiger partial charge in [0.05, 0.1) is 31.1 Å². The van der Waals surface area contributed by atoms with Gasteiger partial charge in [-0.2, -0.15) is 5.10 Å². The van der Waals surface area contributed by atoms with E-state index in [-0.39, 0.29) is 30.4 Å². The van der Waals surface area contributed by atoms with Crippen LogP contribution in [0.1, 0.15) is 27.8 Å². The Kier molecular flexibility index (Phi) is 4.64. The van der Waals surface area contributed by atoms with Crippen LogP contribution in [0.2, 0.25) is 0 Å². The Morgan fingerprint density at radius 3 is 3.00 bits per heavy atom. The monoisotopic (exact) mass is 295 g/mol. The van der Waals surface area contributed by atoms with Crippen molar-refractivity contribution < 1.29 is 18.7 Å². The molecule has 2 N–H and O–H groups in total. The lowest BCUT2D eigenvalue weighted by Crippen LogP contribution is -2.13. The van der Waals surface area contributed by atoms with Gasteiger partial charge in [-0.3, -0.25) is 14.8 Å². The number of aryl methyl sites for hydroxylation is 1. The zero-order valence-corrected chi connectivity index (χ0v) is 11.3. The molecule has 1 amide bonds. The number of imidazole rings is 1. The summed E-state index contributed by atoms with van der Waals surface area (Å²) in [5.41, 5.74) is 0.401. The van der Waals surface area contributed by atoms with Crippen molar-refractivity contribution in [2.75, 3.05) is 18.6 Å². The maximum Gasteiger partial charge on any atom is 0.356 e. The van der Waals surface area contributed by atoms with Gasteiger partial charge in [-0.15, -0.1) is 0 Å². The largest absolute Gasteiger partial charge is 0.461 e. The van der Waals surface area contributed by atoms with Gasteiger partial charge in [0.15, 0.2) is 0 Å². The summed E-state index contributed by atoms with van der Waals surface area (Å²) in [5.74, 6) is -0.910. The molecule has 0 atom stereocenters. The molecule has 2 aromatic rings. The molecule has 2 aromatic heterocycles. The topological polar surface area (TPSA) is 102 Å². The van der Waals surface area contributed by atoms with Crippen LogP contribution in [-0.4, -0.2) is 44.9 Å². The van der Waals surface area contributed by atoms with Crippen LogP contribution in [0, 0.1) is 0 Å². The molecule has 0 aliphatic rings. The molecular weight excluding hydrogens is 281 g/mol. The molecule has 0 fully saturated rings. The van der Waals surface area contributed by atoms with Gasteiger partial charge in [-0.1, -0.05) is 0 Å². The van der Waals surface area contributed by atoms with Gasteiger partial charge in [-0.25, -0.2) is 14.2 Å². The number of halogens is 1. The summed E-state index contributed by atoms with van der Waals surface area (Å²) in [4.78, 5) is 29.8. The Balaban J connectivity index is 2.00. The fourth-order valence-electron chi connectivity index (χ4n) is 1.57. The molecule has 0 radical (unpaired) electrons. The number of esters is 1. The van der Waals surface area contributed by atoms with Gasteiger partial charge in [0.2, 0.25) is 5.95 Å². The van der Waals surface area contributed by atoms with Crippen LogP contribution in [-0.2, 0) is 11.3 Å². The van der Waals surface area contributed by atoms with Crippen LogP contribution in [0.15, 0.2) is 18.6 Å². The lowest BCUT2D eigenvalue weighted by atomic mass is 10.3. The maximum atomic E-state index is 12.2. The fraction of sp³-hybridized carbons (Fsp3) is 0.333. The van der Waals surface area contributed by atoms with E-state index in [9.17, 15) is 14.0 Å². The number of aromatic nitrogens is 4. The predicted octanol–water partition coefficient (Wildman–Crippen LogP) is 1.00. The predicted molar refractivity (Wildman–Crippen MR) is 70.7 cm³/mol. The molecule has 0 aliphatic carbocycles. The van der Waals surface area contributed by atoms with Crippen LogP contribution >= 0.6 is 0 Å². The number of nitrogens with one attached hydrogen (secondary N) is 2. The van der Waals surface area contributed by atoms with E-state index in [1.165, 1.54) is 23.3 Å². The van der Waals surface area contributed by atoms with E-state index < -0.39 is 18.6 Å². The molecule has 0 saturated heterocycles. The lowest BCUT2D eigenvalue weighted by Gasteiger charge is -1.99. The molecule has 112 valence electrons. The fourth-order valence-corrected chi connectivity index (χ4v) is 1.57. The maximum absolute atomic E-state index is 12.2. The standard InChI is InChI=1S/C12H14FN5O3/c1-2-21-11(20)9-6-14-12(16-9)17-10(19)8-5-15-18(7-8)4-3-13/h5-7H,2-4H2,1H3,(H2,14,16,17,19). The normalized spacial score (nSPS) is 10.4. The van der Waals surface area contributed by atoms with E-state index in [1.54, 1.807) is 6.92 Å². The Morgan fingerprint density at radius 1 is 1.48 bits per heavy atom. The first kappa shape index (κ1) is 14.7. The molecule has 8 nitrogen and oxygen atoms in total. The van der Waals surface area contributed by atoms with Crippen molar-refractivity contribution in [1.82, 2.24) is 19.7 Å². The molecule has 21 heavy (non-hydrogen) atoms. The lowest BCUT2D eigenvalue weighted by molar-refractivity contribution is 0.0520. The summed E-state index contributed by atoms with van der Waals surface area (Å²) >= 11 is 0. The van der Waals surface area contributed by atoms with Crippen molar-refractivity contribution in [3.8, 4) is 0 Å². The van der Waals surface area contributed by atoms with Crippen LogP contribution in [0.25, 0.3) is 0 Å². The number of anilines is 1. The first-order valence-corrected chi connectivity index (χ1v) is 6.26. The van der Waals surface area contributed by atoms with E-state index in [4.69, 9.17) is 4.74 Å². The van der Waals surface area contributed by atoms with Gasteiger partial charge in [-0.05, 0) is 6.92 Å². The number of alkyl halides is 1. The summed E-state index contributed by atoms with van der Waals surface area (Å²) in [6.45, 7) is 1.45. The second kappa shape index (κ2) is 6.64. The number of ether oxygens (including phenoxy) is 1. The number of nitrogens with zero attached hydrogens (tertiary/aromatic N) is 3. The van der Waals surface area contributed by atoms with E-state index in [0.29, 0.717) is 0 Å². The summed E-state index contributed by atoms with van der Waals surface area (Å²) in [6, 6.07) is 0. The summed E-state index contributed by atoms with van der Waals surface area (Å²) in [6.07, 6.45) is 4.00. The first-order chi connectivity index (χ1) is 10.1. The van der Waals surface area contributed by atoms with Crippen molar-refractivity contribution in [1.29, 1.82) is 0 Å². The Hall–Kier alpha value is -2.71. The van der Waals surface area contributed by atoms with Crippen molar-refractivity contribution in [3.05, 3.63) is 29.8 Å².